The van der Waals surface area contributed by atoms with Crippen molar-refractivity contribution in [1.82, 2.24) is 24.1 Å². The first-order valence-corrected chi connectivity index (χ1v) is 19.0. The molecule has 49 heavy (non-hydrogen) atoms. The fourth-order valence-corrected chi connectivity index (χ4v) is 8.96. The van der Waals surface area contributed by atoms with Gasteiger partial charge in [0.2, 0.25) is 0 Å². The minimum Gasteiger partial charge on any atom is -0.493 e. The topological polar surface area (TPSA) is 76.1 Å². The molecule has 1 aliphatic heterocycles. The molecule has 0 saturated carbocycles. The molecule has 0 amide bonds. The number of aromatic nitrogens is 5. The lowest BCUT2D eigenvalue weighted by molar-refractivity contribution is 0.0587. The Bertz CT molecular complexity index is 2220. The van der Waals surface area contributed by atoms with Gasteiger partial charge in [-0.05, 0) is 75.4 Å². The molecule has 0 aliphatic carbocycles. The van der Waals surface area contributed by atoms with E-state index in [1.54, 1.807) is 11.8 Å². The van der Waals surface area contributed by atoms with Crippen LogP contribution in [0.4, 0.5) is 0 Å². The summed E-state index contributed by atoms with van der Waals surface area (Å²) >= 11 is 10.7. The zero-order valence-corrected chi connectivity index (χ0v) is 31.1. The number of halogens is 1. The monoisotopic (exact) mass is 713 g/mol. The number of esters is 1. The summed E-state index contributed by atoms with van der Waals surface area (Å²) in [6.07, 6.45) is 0.681. The molecule has 0 fully saturated rings. The highest BCUT2D eigenvalue weighted by Gasteiger charge is 2.27. The van der Waals surface area contributed by atoms with Gasteiger partial charge in [-0.2, -0.15) is 10.2 Å². The zero-order chi connectivity index (χ0) is 34.4. The number of carbonyl (C=O) groups excluding carboxylic acids is 1. The Hall–Kier alpha value is -3.86. The largest absolute Gasteiger partial charge is 0.493 e. The van der Waals surface area contributed by atoms with E-state index in [-0.39, 0.29) is 12.0 Å². The number of benzene rings is 3. The number of hydrogen-bond acceptors (Lipinski definition) is 7. The van der Waals surface area contributed by atoms with E-state index in [0.717, 1.165) is 77.6 Å². The second kappa shape index (κ2) is 13.8. The minimum absolute atomic E-state index is 0.237. The van der Waals surface area contributed by atoms with Crippen LogP contribution < -0.4 is 4.74 Å². The Kier molecular flexibility index (Phi) is 9.47. The van der Waals surface area contributed by atoms with Crippen molar-refractivity contribution >= 4 is 62.8 Å². The molecule has 1 aliphatic rings. The van der Waals surface area contributed by atoms with Crippen LogP contribution in [0.1, 0.15) is 65.1 Å². The van der Waals surface area contributed by atoms with Crippen molar-refractivity contribution in [2.24, 2.45) is 7.05 Å². The molecular weight excluding hydrogens is 674 g/mol. The number of rotatable bonds is 2. The molecule has 7 rings (SSSR count). The maximum atomic E-state index is 13.4. The molecule has 8 nitrogen and oxygen atoms in total. The van der Waals surface area contributed by atoms with Crippen molar-refractivity contribution in [3.8, 4) is 16.9 Å². The summed E-state index contributed by atoms with van der Waals surface area (Å²) in [5, 5.41) is 13.8. The normalized spacial score (nSPS) is 14.2. The molecule has 4 heterocycles. The van der Waals surface area contributed by atoms with Crippen molar-refractivity contribution in [3.63, 3.8) is 0 Å². The predicted octanol–water partition coefficient (Wildman–Crippen LogP) is 9.54. The van der Waals surface area contributed by atoms with Gasteiger partial charge in [-0.25, -0.2) is 4.79 Å². The quantitative estimate of drug-likeness (QED) is 0.166. The van der Waals surface area contributed by atoms with Crippen LogP contribution in [0.25, 0.3) is 32.8 Å². The third-order valence-corrected chi connectivity index (χ3v) is 11.6. The van der Waals surface area contributed by atoms with E-state index in [1.807, 2.05) is 48.6 Å². The van der Waals surface area contributed by atoms with E-state index in [0.29, 0.717) is 36.0 Å². The Labute approximate surface area is 300 Å². The molecular formula is C38H40ClN5O3S2. The van der Waals surface area contributed by atoms with Gasteiger partial charge >= 0.3 is 5.97 Å². The van der Waals surface area contributed by atoms with Gasteiger partial charge in [-0.1, -0.05) is 35.9 Å². The highest BCUT2D eigenvalue weighted by atomic mass is 35.5. The molecule has 0 N–H and O–H groups in total. The first-order valence-electron chi connectivity index (χ1n) is 16.5. The molecule has 8 bridgehead atoms. The summed E-state index contributed by atoms with van der Waals surface area (Å²) in [7, 11) is 3.40. The van der Waals surface area contributed by atoms with Crippen LogP contribution in [-0.4, -0.2) is 43.8 Å². The maximum Gasteiger partial charge on any atom is 0.354 e. The maximum absolute atomic E-state index is 13.4. The third kappa shape index (κ3) is 6.23. The second-order valence-electron chi connectivity index (χ2n) is 12.8. The first-order chi connectivity index (χ1) is 23.7. The fraction of sp³-hybridized carbons (Fsp3) is 0.342. The number of hydrogen-bond donors (Lipinski definition) is 0. The summed E-state index contributed by atoms with van der Waals surface area (Å²) in [6, 6.07) is 19.1. The zero-order valence-electron chi connectivity index (χ0n) is 28.7. The van der Waals surface area contributed by atoms with Gasteiger partial charge in [0.15, 0.2) is 0 Å². The number of fused-ring (bicyclic) bond motifs is 8. The minimum atomic E-state index is -0.373. The predicted molar refractivity (Wildman–Crippen MR) is 201 cm³/mol. The van der Waals surface area contributed by atoms with Crippen molar-refractivity contribution in [2.45, 2.75) is 68.9 Å². The summed E-state index contributed by atoms with van der Waals surface area (Å²) in [5.41, 5.74) is 8.44. The average Bonchev–Trinajstić information content (AvgIpc) is 3.72. The molecule has 11 heteroatoms. The van der Waals surface area contributed by atoms with E-state index in [2.05, 4.69) is 66.4 Å². The highest BCUT2D eigenvalue weighted by Crippen LogP contribution is 2.43. The molecule has 3 aromatic heterocycles. The van der Waals surface area contributed by atoms with Gasteiger partial charge in [0, 0.05) is 85.6 Å². The lowest BCUT2D eigenvalue weighted by atomic mass is 9.97. The highest BCUT2D eigenvalue weighted by molar-refractivity contribution is 7.98. The van der Waals surface area contributed by atoms with Crippen LogP contribution in [0.3, 0.4) is 0 Å². The summed E-state index contributed by atoms with van der Waals surface area (Å²) in [6.45, 7) is 9.46. The van der Waals surface area contributed by atoms with Crippen LogP contribution in [0.15, 0.2) is 59.5 Å². The molecule has 0 radical (unpaired) electrons. The fourth-order valence-electron chi connectivity index (χ4n) is 6.93. The van der Waals surface area contributed by atoms with Crippen LogP contribution in [0, 0.1) is 13.8 Å². The van der Waals surface area contributed by atoms with Crippen LogP contribution in [0.5, 0.6) is 5.75 Å². The van der Waals surface area contributed by atoms with E-state index in [9.17, 15) is 4.79 Å². The van der Waals surface area contributed by atoms with Gasteiger partial charge in [-0.15, -0.1) is 23.5 Å². The summed E-state index contributed by atoms with van der Waals surface area (Å²) < 4.78 is 18.0. The SMILES string of the molecule is COC(=O)c1c(C)c2c3c(Cl)ccc2n1CCCOc1cc(cc2ccccc12)SCc1cc(n(C(C)C)n1)CSCc1nn(C)c(C)c1-3. The van der Waals surface area contributed by atoms with Crippen molar-refractivity contribution in [2.75, 3.05) is 13.7 Å². The third-order valence-electron chi connectivity index (χ3n) is 9.27. The Morgan fingerprint density at radius 1 is 1.02 bits per heavy atom. The molecule has 6 aromatic rings. The van der Waals surface area contributed by atoms with Gasteiger partial charge in [0.1, 0.15) is 11.4 Å². The van der Waals surface area contributed by atoms with Gasteiger partial charge in [-0.3, -0.25) is 9.36 Å². The molecule has 254 valence electrons. The van der Waals surface area contributed by atoms with Crippen molar-refractivity contribution in [3.05, 3.63) is 93.7 Å². The van der Waals surface area contributed by atoms with Crippen molar-refractivity contribution in [1.29, 1.82) is 0 Å². The van der Waals surface area contributed by atoms with E-state index in [4.69, 9.17) is 31.3 Å². The molecule has 0 spiro atoms. The van der Waals surface area contributed by atoms with Crippen molar-refractivity contribution < 1.29 is 14.3 Å². The Balaban J connectivity index is 1.38. The molecule has 0 saturated heterocycles. The van der Waals surface area contributed by atoms with E-state index >= 15 is 0 Å². The molecule has 0 unspecified atom stereocenters. The molecule has 0 atom stereocenters. The van der Waals surface area contributed by atoms with Gasteiger partial charge in [0.05, 0.1) is 25.1 Å². The lowest BCUT2D eigenvalue weighted by Crippen LogP contribution is -2.13. The number of thioether (sulfide) groups is 2. The van der Waals surface area contributed by atoms with Gasteiger partial charge < -0.3 is 14.0 Å². The average molecular weight is 714 g/mol. The number of aryl methyl sites for hydroxylation is 3. The Morgan fingerprint density at radius 2 is 1.84 bits per heavy atom. The van der Waals surface area contributed by atoms with Crippen LogP contribution in [0.2, 0.25) is 5.02 Å². The van der Waals surface area contributed by atoms with E-state index in [1.165, 1.54) is 12.8 Å². The number of ether oxygens (including phenoxy) is 2. The lowest BCUT2D eigenvalue weighted by Gasteiger charge is -2.14. The number of carbonyl (C=O) groups is 1. The standard InChI is InChI=1S/C38H40ClN5O3S2/c1-22(2)44-27-17-26(40-44)19-49-28-16-25-10-7-8-11-29(25)33(18-28)47-15-9-14-43-32-13-12-30(39)36(34(32)23(3)37(43)38(45)46-6)35-24(4)42(5)41-31(35)21-48-20-27/h7-8,10-13,16-18,22H,9,14-15,19-21H2,1-6H3. The molecule has 3 aromatic carbocycles. The number of nitrogens with zero attached hydrogens (tertiary/aromatic N) is 5. The first kappa shape index (κ1) is 33.6. The smallest absolute Gasteiger partial charge is 0.354 e. The van der Waals surface area contributed by atoms with Gasteiger partial charge in [0.25, 0.3) is 0 Å². The van der Waals surface area contributed by atoms with E-state index < -0.39 is 0 Å². The van der Waals surface area contributed by atoms with Crippen LogP contribution >= 0.6 is 35.1 Å². The second-order valence-corrected chi connectivity index (χ2v) is 15.2. The summed E-state index contributed by atoms with van der Waals surface area (Å²) in [5.74, 6) is 2.72. The summed E-state index contributed by atoms with van der Waals surface area (Å²) in [4.78, 5) is 14.5. The van der Waals surface area contributed by atoms with Crippen LogP contribution in [-0.2, 0) is 35.6 Å². The number of methoxy groups -OCH3 is 1. The Morgan fingerprint density at radius 3 is 2.63 bits per heavy atom.